The molecule has 0 radical (unpaired) electrons. The highest BCUT2D eigenvalue weighted by molar-refractivity contribution is 7.59. The molecular formula is C10H14FNO2S. The molecule has 1 aromatic rings. The number of hydrogen-bond donors (Lipinski definition) is 2. The van der Waals surface area contributed by atoms with E-state index in [0.717, 1.165) is 0 Å². The molecule has 0 aromatic heterocycles. The number of carboxylic acids is 1. The molecule has 0 amide bonds. The van der Waals surface area contributed by atoms with Crippen LogP contribution in [-0.2, 0) is 11.2 Å². The Bertz CT molecular complexity index is 333. The highest BCUT2D eigenvalue weighted by atomic mass is 32.1. The molecule has 0 bridgehead atoms. The van der Waals surface area contributed by atoms with E-state index in [-0.39, 0.29) is 25.7 Å². The van der Waals surface area contributed by atoms with Gasteiger partial charge in [-0.2, -0.15) is 13.5 Å². The number of rotatable bonds is 4. The zero-order chi connectivity index (χ0) is 10.6. The van der Waals surface area contributed by atoms with Crippen LogP contribution in [0, 0.1) is 5.82 Å². The fourth-order valence-electron chi connectivity index (χ4n) is 1.21. The van der Waals surface area contributed by atoms with Crippen molar-refractivity contribution in [1.29, 1.82) is 0 Å². The van der Waals surface area contributed by atoms with Crippen LogP contribution < -0.4 is 5.32 Å². The Kier molecular flexibility index (Phi) is 5.96. The molecule has 0 aliphatic carbocycles. The Morgan fingerprint density at radius 1 is 1.60 bits per heavy atom. The third kappa shape index (κ3) is 4.31. The predicted molar refractivity (Wildman–Crippen MR) is 61.0 cm³/mol. The zero-order valence-corrected chi connectivity index (χ0v) is 9.33. The number of benzene rings is 1. The first-order valence-corrected chi connectivity index (χ1v) is 4.28. The van der Waals surface area contributed by atoms with Gasteiger partial charge in [0.25, 0.3) is 0 Å². The molecule has 0 heterocycles. The van der Waals surface area contributed by atoms with Gasteiger partial charge in [-0.05, 0) is 31.2 Å². The molecule has 0 spiro atoms. The Balaban J connectivity index is 0.00000196. The molecule has 15 heavy (non-hydrogen) atoms. The van der Waals surface area contributed by atoms with Crippen LogP contribution in [0.3, 0.4) is 0 Å². The van der Waals surface area contributed by atoms with Gasteiger partial charge in [-0.1, -0.05) is 12.1 Å². The molecule has 0 unspecified atom stereocenters. The van der Waals surface area contributed by atoms with Crippen molar-refractivity contribution in [3.63, 3.8) is 0 Å². The summed E-state index contributed by atoms with van der Waals surface area (Å²) in [5.41, 5.74) is 0.673. The summed E-state index contributed by atoms with van der Waals surface area (Å²) in [6, 6.07) is 5.28. The molecule has 0 aliphatic heterocycles. The highest BCUT2D eigenvalue weighted by Crippen LogP contribution is 2.06. The molecule has 0 saturated carbocycles. The third-order valence-corrected chi connectivity index (χ3v) is 1.98. The van der Waals surface area contributed by atoms with E-state index in [9.17, 15) is 9.18 Å². The summed E-state index contributed by atoms with van der Waals surface area (Å²) in [6.45, 7) is 0. The molecule has 84 valence electrons. The molecule has 1 aromatic carbocycles. The van der Waals surface area contributed by atoms with E-state index >= 15 is 0 Å². The predicted octanol–water partition coefficient (Wildman–Crippen LogP) is 1.15. The lowest BCUT2D eigenvalue weighted by Crippen LogP contribution is -2.35. The van der Waals surface area contributed by atoms with Gasteiger partial charge < -0.3 is 10.4 Å². The lowest BCUT2D eigenvalue weighted by atomic mass is 10.1. The maximum absolute atomic E-state index is 12.8. The van der Waals surface area contributed by atoms with Gasteiger partial charge in [-0.15, -0.1) is 0 Å². The monoisotopic (exact) mass is 231 g/mol. The number of aliphatic carboxylic acids is 1. The highest BCUT2D eigenvalue weighted by Gasteiger charge is 2.15. The van der Waals surface area contributed by atoms with E-state index in [1.54, 1.807) is 19.2 Å². The van der Waals surface area contributed by atoms with Gasteiger partial charge in [-0.3, -0.25) is 4.79 Å². The van der Waals surface area contributed by atoms with Crippen molar-refractivity contribution in [2.45, 2.75) is 12.5 Å². The first-order valence-electron chi connectivity index (χ1n) is 4.28. The van der Waals surface area contributed by atoms with Crippen LogP contribution >= 0.6 is 13.5 Å². The summed E-state index contributed by atoms with van der Waals surface area (Å²) in [7, 11) is 1.57. The second-order valence-corrected chi connectivity index (χ2v) is 3.01. The van der Waals surface area contributed by atoms with Crippen LogP contribution in [0.5, 0.6) is 0 Å². The van der Waals surface area contributed by atoms with Crippen LogP contribution in [0.25, 0.3) is 0 Å². The fraction of sp³-hybridized carbons (Fsp3) is 0.300. The molecule has 0 fully saturated rings. The SMILES string of the molecule is CN[C@@H](Cc1cccc(F)c1)C(=O)O.S. The second-order valence-electron chi connectivity index (χ2n) is 3.01. The van der Waals surface area contributed by atoms with Crippen LogP contribution in [0.1, 0.15) is 5.56 Å². The van der Waals surface area contributed by atoms with Crippen molar-refractivity contribution in [3.05, 3.63) is 35.6 Å². The van der Waals surface area contributed by atoms with Crippen molar-refractivity contribution < 1.29 is 14.3 Å². The minimum absolute atomic E-state index is 0. The van der Waals surface area contributed by atoms with E-state index < -0.39 is 12.0 Å². The summed E-state index contributed by atoms with van der Waals surface area (Å²) in [6.07, 6.45) is 0.281. The molecular weight excluding hydrogens is 217 g/mol. The Hall–Kier alpha value is -1.07. The van der Waals surface area contributed by atoms with Crippen LogP contribution in [0.2, 0.25) is 0 Å². The first kappa shape index (κ1) is 13.9. The smallest absolute Gasteiger partial charge is 0.321 e. The number of carbonyl (C=O) groups is 1. The van der Waals surface area contributed by atoms with Gasteiger partial charge in [0, 0.05) is 0 Å². The van der Waals surface area contributed by atoms with E-state index in [0.29, 0.717) is 5.56 Å². The summed E-state index contributed by atoms with van der Waals surface area (Å²) in [4.78, 5) is 10.7. The third-order valence-electron chi connectivity index (χ3n) is 1.98. The molecule has 2 N–H and O–H groups in total. The minimum atomic E-state index is -0.934. The molecule has 0 aliphatic rings. The first-order chi connectivity index (χ1) is 6.63. The maximum atomic E-state index is 12.8. The number of carboxylic acid groups (broad SMARTS) is 1. The number of likely N-dealkylation sites (N-methyl/N-ethyl adjacent to an activating group) is 1. The van der Waals surface area contributed by atoms with Crippen LogP contribution in [0.4, 0.5) is 4.39 Å². The maximum Gasteiger partial charge on any atom is 0.321 e. The van der Waals surface area contributed by atoms with E-state index in [1.807, 2.05) is 0 Å². The number of nitrogens with one attached hydrogen (secondary N) is 1. The number of hydrogen-bond acceptors (Lipinski definition) is 2. The number of halogens is 1. The zero-order valence-electron chi connectivity index (χ0n) is 8.33. The lowest BCUT2D eigenvalue weighted by molar-refractivity contribution is -0.139. The van der Waals surface area contributed by atoms with Gasteiger partial charge in [0.15, 0.2) is 0 Å². The quantitative estimate of drug-likeness (QED) is 0.817. The van der Waals surface area contributed by atoms with Gasteiger partial charge in [0.2, 0.25) is 0 Å². The summed E-state index contributed by atoms with van der Waals surface area (Å²) in [5, 5.41) is 11.4. The van der Waals surface area contributed by atoms with Gasteiger partial charge in [0.05, 0.1) is 0 Å². The largest absolute Gasteiger partial charge is 0.480 e. The van der Waals surface area contributed by atoms with E-state index in [2.05, 4.69) is 5.32 Å². The Morgan fingerprint density at radius 2 is 2.27 bits per heavy atom. The Morgan fingerprint density at radius 3 is 2.73 bits per heavy atom. The van der Waals surface area contributed by atoms with Crippen molar-refractivity contribution in [1.82, 2.24) is 5.32 Å². The normalized spacial score (nSPS) is 11.6. The average molecular weight is 231 g/mol. The molecule has 5 heteroatoms. The van der Waals surface area contributed by atoms with Gasteiger partial charge >= 0.3 is 5.97 Å². The second kappa shape index (κ2) is 6.42. The molecule has 0 saturated heterocycles. The topological polar surface area (TPSA) is 49.3 Å². The van der Waals surface area contributed by atoms with Crippen molar-refractivity contribution in [2.75, 3.05) is 7.05 Å². The van der Waals surface area contributed by atoms with E-state index in [1.165, 1.54) is 12.1 Å². The van der Waals surface area contributed by atoms with E-state index in [4.69, 9.17) is 5.11 Å². The van der Waals surface area contributed by atoms with Gasteiger partial charge in [0.1, 0.15) is 11.9 Å². The average Bonchev–Trinajstić information content (AvgIpc) is 2.14. The van der Waals surface area contributed by atoms with Crippen molar-refractivity contribution in [3.8, 4) is 0 Å². The summed E-state index contributed by atoms with van der Waals surface area (Å²) < 4.78 is 12.8. The van der Waals surface area contributed by atoms with Gasteiger partial charge in [-0.25, -0.2) is 4.39 Å². The fourth-order valence-corrected chi connectivity index (χ4v) is 1.21. The molecule has 3 nitrogen and oxygen atoms in total. The standard InChI is InChI=1S/C10H12FNO2.H2S/c1-12-9(10(13)14)6-7-3-2-4-8(11)5-7;/h2-5,9,12H,6H2,1H3,(H,13,14);1H2/t9-;/m0./s1. The van der Waals surface area contributed by atoms with Crippen LogP contribution in [-0.4, -0.2) is 24.2 Å². The summed E-state index contributed by atoms with van der Waals surface area (Å²) in [5.74, 6) is -1.28. The lowest BCUT2D eigenvalue weighted by Gasteiger charge is -2.10. The molecule has 1 rings (SSSR count). The Labute approximate surface area is 94.8 Å². The minimum Gasteiger partial charge on any atom is -0.480 e. The van der Waals surface area contributed by atoms with Crippen molar-refractivity contribution >= 4 is 19.5 Å². The molecule has 1 atom stereocenters. The van der Waals surface area contributed by atoms with Crippen LogP contribution in [0.15, 0.2) is 24.3 Å². The van der Waals surface area contributed by atoms with Crippen molar-refractivity contribution in [2.24, 2.45) is 0 Å². The summed E-state index contributed by atoms with van der Waals surface area (Å²) >= 11 is 0.